The number of hydrogen-bond acceptors (Lipinski definition) is 2. The van der Waals surface area contributed by atoms with Gasteiger partial charge in [-0.2, -0.15) is 8.78 Å². The number of carbonyl (C=O) groups is 1. The number of benzene rings is 2. The standard InChI is InChI=1S/C19H14F5NO2/c1-2-27-18(26)19(23,24)9-14-13-7-12(21)8-15(22)17(13)25-16(14)10-3-5-11(20)6-4-10/h3-8,25H,2,9H2,1H3. The summed E-state index contributed by atoms with van der Waals surface area (Å²) >= 11 is 0. The number of nitrogens with one attached hydrogen (secondary N) is 1. The number of carbonyl (C=O) groups excluding carboxylic acids is 1. The molecule has 0 radical (unpaired) electrons. The number of hydrogen-bond donors (Lipinski definition) is 1. The lowest BCUT2D eigenvalue weighted by Crippen LogP contribution is -2.33. The van der Waals surface area contributed by atoms with Gasteiger partial charge in [0.25, 0.3) is 0 Å². The van der Waals surface area contributed by atoms with Crippen LogP contribution in [0.4, 0.5) is 22.0 Å². The van der Waals surface area contributed by atoms with Crippen LogP contribution in [0, 0.1) is 17.5 Å². The van der Waals surface area contributed by atoms with Crippen molar-refractivity contribution in [3.8, 4) is 11.3 Å². The van der Waals surface area contributed by atoms with E-state index in [1.54, 1.807) is 0 Å². The maximum Gasteiger partial charge on any atom is 0.377 e. The third-order valence-corrected chi connectivity index (χ3v) is 4.04. The fourth-order valence-corrected chi connectivity index (χ4v) is 2.85. The van der Waals surface area contributed by atoms with Gasteiger partial charge in [-0.1, -0.05) is 0 Å². The smallest absolute Gasteiger partial charge is 0.377 e. The summed E-state index contributed by atoms with van der Waals surface area (Å²) in [6.07, 6.45) is -1.14. The Bertz CT molecular complexity index is 995. The molecular weight excluding hydrogens is 369 g/mol. The Kier molecular flexibility index (Phi) is 4.91. The van der Waals surface area contributed by atoms with Crippen LogP contribution in [-0.4, -0.2) is 23.5 Å². The molecule has 142 valence electrons. The molecule has 27 heavy (non-hydrogen) atoms. The molecule has 0 fully saturated rings. The average Bonchev–Trinajstić information content (AvgIpc) is 2.94. The molecular formula is C19H14F5NO2. The maximum absolute atomic E-state index is 14.3. The summed E-state index contributed by atoms with van der Waals surface area (Å²) in [6, 6.07) is 6.33. The third-order valence-electron chi connectivity index (χ3n) is 4.04. The third kappa shape index (κ3) is 3.65. The topological polar surface area (TPSA) is 42.1 Å². The van der Waals surface area contributed by atoms with Gasteiger partial charge in [0.2, 0.25) is 0 Å². The Morgan fingerprint density at radius 2 is 1.74 bits per heavy atom. The lowest BCUT2D eigenvalue weighted by atomic mass is 9.99. The first-order valence-corrected chi connectivity index (χ1v) is 8.03. The van der Waals surface area contributed by atoms with E-state index < -0.39 is 35.8 Å². The molecule has 0 bridgehead atoms. The minimum Gasteiger partial charge on any atom is -0.462 e. The monoisotopic (exact) mass is 383 g/mol. The highest BCUT2D eigenvalue weighted by molar-refractivity contribution is 5.92. The molecule has 0 amide bonds. The minimum absolute atomic E-state index is 0.0403. The molecule has 3 aromatic rings. The first-order valence-electron chi connectivity index (χ1n) is 8.03. The highest BCUT2D eigenvalue weighted by Crippen LogP contribution is 2.36. The van der Waals surface area contributed by atoms with E-state index in [9.17, 15) is 26.7 Å². The van der Waals surface area contributed by atoms with Crippen molar-refractivity contribution in [1.82, 2.24) is 4.98 Å². The number of esters is 1. The van der Waals surface area contributed by atoms with E-state index in [0.29, 0.717) is 6.07 Å². The second kappa shape index (κ2) is 7.02. The highest BCUT2D eigenvalue weighted by atomic mass is 19.3. The quantitative estimate of drug-likeness (QED) is 0.498. The van der Waals surface area contributed by atoms with Crippen LogP contribution in [0.2, 0.25) is 0 Å². The number of alkyl halides is 2. The number of ether oxygens (including phenoxy) is 1. The van der Waals surface area contributed by atoms with E-state index >= 15 is 0 Å². The van der Waals surface area contributed by atoms with Crippen molar-refractivity contribution in [1.29, 1.82) is 0 Å². The van der Waals surface area contributed by atoms with Crippen LogP contribution in [0.25, 0.3) is 22.2 Å². The Balaban J connectivity index is 2.20. The van der Waals surface area contributed by atoms with Crippen LogP contribution >= 0.6 is 0 Å². The van der Waals surface area contributed by atoms with Gasteiger partial charge in [-0.15, -0.1) is 0 Å². The molecule has 1 N–H and O–H groups in total. The first-order chi connectivity index (χ1) is 12.7. The van der Waals surface area contributed by atoms with Crippen molar-refractivity contribution in [2.24, 2.45) is 0 Å². The van der Waals surface area contributed by atoms with Crippen molar-refractivity contribution in [3.63, 3.8) is 0 Å². The van der Waals surface area contributed by atoms with Gasteiger partial charge < -0.3 is 9.72 Å². The predicted octanol–water partition coefficient (Wildman–Crippen LogP) is 4.99. The van der Waals surface area contributed by atoms with Crippen LogP contribution in [0.15, 0.2) is 36.4 Å². The number of H-pyrrole nitrogens is 1. The van der Waals surface area contributed by atoms with Crippen molar-refractivity contribution >= 4 is 16.9 Å². The molecule has 0 saturated heterocycles. The summed E-state index contributed by atoms with van der Waals surface area (Å²) in [4.78, 5) is 14.2. The number of fused-ring (bicyclic) bond motifs is 1. The molecule has 2 aromatic carbocycles. The van der Waals surface area contributed by atoms with Gasteiger partial charge in [-0.05, 0) is 48.4 Å². The van der Waals surface area contributed by atoms with Gasteiger partial charge >= 0.3 is 11.9 Å². The van der Waals surface area contributed by atoms with E-state index in [4.69, 9.17) is 0 Å². The number of aromatic amines is 1. The largest absolute Gasteiger partial charge is 0.462 e. The minimum atomic E-state index is -3.91. The van der Waals surface area contributed by atoms with Crippen molar-refractivity contribution in [3.05, 3.63) is 59.4 Å². The average molecular weight is 383 g/mol. The van der Waals surface area contributed by atoms with Gasteiger partial charge in [0.1, 0.15) is 17.5 Å². The highest BCUT2D eigenvalue weighted by Gasteiger charge is 2.42. The molecule has 0 spiro atoms. The van der Waals surface area contributed by atoms with Crippen LogP contribution in [0.1, 0.15) is 12.5 Å². The molecule has 1 heterocycles. The Morgan fingerprint density at radius 3 is 2.37 bits per heavy atom. The molecule has 8 heteroatoms. The number of rotatable bonds is 5. The van der Waals surface area contributed by atoms with Gasteiger partial charge in [0.15, 0.2) is 0 Å². The predicted molar refractivity (Wildman–Crippen MR) is 88.9 cm³/mol. The van der Waals surface area contributed by atoms with Gasteiger partial charge in [-0.25, -0.2) is 18.0 Å². The Hall–Kier alpha value is -2.90. The summed E-state index contributed by atoms with van der Waals surface area (Å²) < 4.78 is 74.0. The van der Waals surface area contributed by atoms with Crippen molar-refractivity contribution < 1.29 is 31.5 Å². The van der Waals surface area contributed by atoms with Gasteiger partial charge in [0, 0.05) is 11.5 Å². The number of aromatic nitrogens is 1. The second-order valence-electron chi connectivity index (χ2n) is 5.90. The molecule has 3 rings (SSSR count). The molecule has 0 unspecified atom stereocenters. The van der Waals surface area contributed by atoms with E-state index in [1.165, 1.54) is 19.1 Å². The lowest BCUT2D eigenvalue weighted by molar-refractivity contribution is -0.171. The SMILES string of the molecule is CCOC(=O)C(F)(F)Cc1c(-c2ccc(F)cc2)[nH]c2c(F)cc(F)cc12. The zero-order valence-electron chi connectivity index (χ0n) is 14.1. The molecule has 1 aromatic heterocycles. The van der Waals surface area contributed by atoms with Gasteiger partial charge in [0.05, 0.1) is 24.2 Å². The Labute approximate surface area is 150 Å². The van der Waals surface area contributed by atoms with Crippen LogP contribution < -0.4 is 0 Å². The summed E-state index contributed by atoms with van der Waals surface area (Å²) in [7, 11) is 0. The summed E-state index contributed by atoms with van der Waals surface area (Å²) in [5, 5.41) is -0.129. The normalized spacial score (nSPS) is 11.8. The maximum atomic E-state index is 14.3. The molecule has 0 saturated carbocycles. The van der Waals surface area contributed by atoms with Crippen LogP contribution in [-0.2, 0) is 16.0 Å². The van der Waals surface area contributed by atoms with E-state index in [-0.39, 0.29) is 34.3 Å². The van der Waals surface area contributed by atoms with E-state index in [2.05, 4.69) is 9.72 Å². The fraction of sp³-hybridized carbons (Fsp3) is 0.211. The molecule has 0 atom stereocenters. The molecule has 0 aliphatic heterocycles. The molecule has 0 aliphatic rings. The molecule has 3 nitrogen and oxygen atoms in total. The summed E-state index contributed by atoms with van der Waals surface area (Å²) in [5.41, 5.74) is -0.0426. The lowest BCUT2D eigenvalue weighted by Gasteiger charge is -2.15. The number of halogens is 5. The zero-order valence-corrected chi connectivity index (χ0v) is 14.1. The van der Waals surface area contributed by atoms with E-state index in [0.717, 1.165) is 18.2 Å². The zero-order chi connectivity index (χ0) is 19.8. The molecule has 0 aliphatic carbocycles. The first kappa shape index (κ1) is 18.9. The Morgan fingerprint density at radius 1 is 1.07 bits per heavy atom. The van der Waals surface area contributed by atoms with Crippen molar-refractivity contribution in [2.75, 3.05) is 6.61 Å². The van der Waals surface area contributed by atoms with Gasteiger partial charge in [-0.3, -0.25) is 0 Å². The van der Waals surface area contributed by atoms with Crippen LogP contribution in [0.5, 0.6) is 0 Å². The van der Waals surface area contributed by atoms with Crippen LogP contribution in [0.3, 0.4) is 0 Å². The summed E-state index contributed by atoms with van der Waals surface area (Å²) in [6.45, 7) is 1.14. The summed E-state index contributed by atoms with van der Waals surface area (Å²) in [5.74, 6) is -8.13. The van der Waals surface area contributed by atoms with Crippen molar-refractivity contribution in [2.45, 2.75) is 19.3 Å². The van der Waals surface area contributed by atoms with E-state index in [1.807, 2.05) is 0 Å². The fourth-order valence-electron chi connectivity index (χ4n) is 2.85. The second-order valence-corrected chi connectivity index (χ2v) is 5.90.